The van der Waals surface area contributed by atoms with Gasteiger partial charge in [-0.05, 0) is 44.4 Å². The predicted molar refractivity (Wildman–Crippen MR) is 67.5 cm³/mol. The highest BCUT2D eigenvalue weighted by Crippen LogP contribution is 2.33. The molecule has 0 radical (unpaired) electrons. The van der Waals surface area contributed by atoms with Gasteiger partial charge >= 0.3 is 0 Å². The summed E-state index contributed by atoms with van der Waals surface area (Å²) in [6.07, 6.45) is 5.51. The Balaban J connectivity index is 0.00000128. The topological polar surface area (TPSA) is 46.3 Å². The molecule has 1 heterocycles. The van der Waals surface area contributed by atoms with Gasteiger partial charge < -0.3 is 10.6 Å². The van der Waals surface area contributed by atoms with Crippen molar-refractivity contribution in [2.45, 2.75) is 45.1 Å². The van der Waals surface area contributed by atoms with Crippen LogP contribution in [0.4, 0.5) is 0 Å². The fourth-order valence-electron chi connectivity index (χ4n) is 2.37. The molecule has 1 aliphatic carbocycles. The lowest BCUT2D eigenvalue weighted by atomic mass is 9.91. The number of halogens is 1. The predicted octanol–water partition coefficient (Wildman–Crippen LogP) is 1.79. The third kappa shape index (κ3) is 3.63. The van der Waals surface area contributed by atoms with E-state index in [0.717, 1.165) is 32.4 Å². The number of nitrogens with zero attached hydrogens (tertiary/aromatic N) is 1. The number of hydrogen-bond donors (Lipinski definition) is 1. The van der Waals surface area contributed by atoms with Crippen LogP contribution in [0.1, 0.15) is 39.0 Å². The molecular formula is C12H23ClN2O. The van der Waals surface area contributed by atoms with Crippen molar-refractivity contribution < 1.29 is 4.79 Å². The third-order valence-corrected chi connectivity index (χ3v) is 3.80. The molecule has 1 saturated heterocycles. The molecule has 2 N–H and O–H groups in total. The lowest BCUT2D eigenvalue weighted by Gasteiger charge is -2.33. The SMILES string of the molecule is CC(N)C1CCN(C(=O)CC2CC2)CC1.Cl. The van der Waals surface area contributed by atoms with Crippen molar-refractivity contribution in [1.29, 1.82) is 0 Å². The minimum atomic E-state index is 0. The van der Waals surface area contributed by atoms with Crippen LogP contribution in [0.15, 0.2) is 0 Å². The largest absolute Gasteiger partial charge is 0.343 e. The van der Waals surface area contributed by atoms with E-state index < -0.39 is 0 Å². The average Bonchev–Trinajstić information content (AvgIpc) is 3.02. The molecule has 3 nitrogen and oxygen atoms in total. The zero-order valence-electron chi connectivity index (χ0n) is 10.0. The number of rotatable bonds is 3. The van der Waals surface area contributed by atoms with Crippen molar-refractivity contribution in [3.63, 3.8) is 0 Å². The first-order valence-electron chi connectivity index (χ1n) is 6.20. The number of hydrogen-bond acceptors (Lipinski definition) is 2. The van der Waals surface area contributed by atoms with Crippen molar-refractivity contribution in [1.82, 2.24) is 4.90 Å². The molecule has 2 fully saturated rings. The highest BCUT2D eigenvalue weighted by Gasteiger charge is 2.29. The summed E-state index contributed by atoms with van der Waals surface area (Å²) in [5, 5.41) is 0. The second-order valence-corrected chi connectivity index (χ2v) is 5.22. The van der Waals surface area contributed by atoms with Crippen molar-refractivity contribution in [2.75, 3.05) is 13.1 Å². The standard InChI is InChI=1S/C12H22N2O.ClH/c1-9(13)11-4-6-14(7-5-11)12(15)8-10-2-3-10;/h9-11H,2-8,13H2,1H3;1H. The first-order chi connectivity index (χ1) is 7.16. The molecule has 1 amide bonds. The zero-order valence-corrected chi connectivity index (χ0v) is 10.8. The summed E-state index contributed by atoms with van der Waals surface area (Å²) in [6.45, 7) is 3.93. The van der Waals surface area contributed by atoms with Gasteiger partial charge in [-0.25, -0.2) is 0 Å². The van der Waals surface area contributed by atoms with E-state index in [0.29, 0.717) is 17.7 Å². The number of nitrogens with two attached hydrogens (primary N) is 1. The third-order valence-electron chi connectivity index (χ3n) is 3.80. The monoisotopic (exact) mass is 246 g/mol. The molecule has 1 atom stereocenters. The first kappa shape index (κ1) is 13.8. The maximum atomic E-state index is 11.8. The lowest BCUT2D eigenvalue weighted by Crippen LogP contribution is -2.42. The fraction of sp³-hybridized carbons (Fsp3) is 0.917. The van der Waals surface area contributed by atoms with E-state index in [1.807, 2.05) is 4.90 Å². The summed E-state index contributed by atoms with van der Waals surface area (Å²) in [7, 11) is 0. The highest BCUT2D eigenvalue weighted by molar-refractivity contribution is 5.85. The Morgan fingerprint density at radius 2 is 1.88 bits per heavy atom. The number of carbonyl (C=O) groups is 1. The van der Waals surface area contributed by atoms with Gasteiger partial charge in [0.05, 0.1) is 0 Å². The molecular weight excluding hydrogens is 224 g/mol. The van der Waals surface area contributed by atoms with Gasteiger partial charge in [-0.15, -0.1) is 12.4 Å². The van der Waals surface area contributed by atoms with E-state index >= 15 is 0 Å². The molecule has 16 heavy (non-hydrogen) atoms. The quantitative estimate of drug-likeness (QED) is 0.826. The summed E-state index contributed by atoms with van der Waals surface area (Å²) < 4.78 is 0. The van der Waals surface area contributed by atoms with Crippen molar-refractivity contribution in [3.05, 3.63) is 0 Å². The minimum absolute atomic E-state index is 0. The van der Waals surface area contributed by atoms with Crippen LogP contribution < -0.4 is 5.73 Å². The van der Waals surface area contributed by atoms with Crippen LogP contribution in [0.25, 0.3) is 0 Å². The van der Waals surface area contributed by atoms with Gasteiger partial charge in [0.15, 0.2) is 0 Å². The Bertz CT molecular complexity index is 233. The van der Waals surface area contributed by atoms with Gasteiger partial charge in [0.1, 0.15) is 0 Å². The lowest BCUT2D eigenvalue weighted by molar-refractivity contribution is -0.133. The van der Waals surface area contributed by atoms with Crippen LogP contribution in [0.2, 0.25) is 0 Å². The van der Waals surface area contributed by atoms with Crippen molar-refractivity contribution in [2.24, 2.45) is 17.6 Å². The van der Waals surface area contributed by atoms with Crippen LogP contribution in [-0.2, 0) is 4.79 Å². The van der Waals surface area contributed by atoms with Crippen molar-refractivity contribution in [3.8, 4) is 0 Å². The Labute approximate surface area is 104 Å². The normalized spacial score (nSPS) is 23.8. The summed E-state index contributed by atoms with van der Waals surface area (Å²) >= 11 is 0. The summed E-state index contributed by atoms with van der Waals surface area (Å²) in [5.74, 6) is 1.71. The highest BCUT2D eigenvalue weighted by atomic mass is 35.5. The van der Waals surface area contributed by atoms with E-state index in [4.69, 9.17) is 5.73 Å². The second kappa shape index (κ2) is 5.87. The molecule has 1 aliphatic heterocycles. The van der Waals surface area contributed by atoms with Crippen LogP contribution in [0, 0.1) is 11.8 Å². The van der Waals surface area contributed by atoms with Crippen LogP contribution in [0.5, 0.6) is 0 Å². The Hall–Kier alpha value is -0.280. The van der Waals surface area contributed by atoms with Gasteiger partial charge in [0.2, 0.25) is 5.91 Å². The molecule has 2 rings (SSSR count). The summed E-state index contributed by atoms with van der Waals surface area (Å²) in [4.78, 5) is 13.9. The summed E-state index contributed by atoms with van der Waals surface area (Å²) in [5.41, 5.74) is 5.88. The maximum Gasteiger partial charge on any atom is 0.222 e. The van der Waals surface area contributed by atoms with Gasteiger partial charge in [-0.3, -0.25) is 4.79 Å². The molecule has 2 aliphatic rings. The van der Waals surface area contributed by atoms with Crippen LogP contribution in [0.3, 0.4) is 0 Å². The van der Waals surface area contributed by atoms with E-state index in [2.05, 4.69) is 6.92 Å². The Kier molecular flexibility index (Phi) is 5.06. The van der Waals surface area contributed by atoms with E-state index in [9.17, 15) is 4.79 Å². The average molecular weight is 247 g/mol. The van der Waals surface area contributed by atoms with Crippen molar-refractivity contribution >= 4 is 18.3 Å². The molecule has 0 aromatic heterocycles. The fourth-order valence-corrected chi connectivity index (χ4v) is 2.37. The van der Waals surface area contributed by atoms with Crippen LogP contribution >= 0.6 is 12.4 Å². The molecule has 1 unspecified atom stereocenters. The number of piperidine rings is 1. The molecule has 0 aromatic carbocycles. The van der Waals surface area contributed by atoms with E-state index in [1.165, 1.54) is 12.8 Å². The molecule has 0 bridgehead atoms. The molecule has 4 heteroatoms. The second-order valence-electron chi connectivity index (χ2n) is 5.22. The number of carbonyl (C=O) groups excluding carboxylic acids is 1. The molecule has 1 saturated carbocycles. The number of amides is 1. The first-order valence-corrected chi connectivity index (χ1v) is 6.20. The minimum Gasteiger partial charge on any atom is -0.343 e. The Morgan fingerprint density at radius 3 is 2.31 bits per heavy atom. The van der Waals surface area contributed by atoms with Gasteiger partial charge in [-0.2, -0.15) is 0 Å². The smallest absolute Gasteiger partial charge is 0.222 e. The van der Waals surface area contributed by atoms with E-state index in [1.54, 1.807) is 0 Å². The van der Waals surface area contributed by atoms with Gasteiger partial charge in [0.25, 0.3) is 0 Å². The van der Waals surface area contributed by atoms with Gasteiger partial charge in [0, 0.05) is 25.6 Å². The zero-order chi connectivity index (χ0) is 10.8. The molecule has 0 aromatic rings. The molecule has 0 spiro atoms. The molecule has 94 valence electrons. The van der Waals surface area contributed by atoms with Gasteiger partial charge in [-0.1, -0.05) is 0 Å². The Morgan fingerprint density at radius 1 is 1.31 bits per heavy atom. The summed E-state index contributed by atoms with van der Waals surface area (Å²) in [6, 6.07) is 0.283. The van der Waals surface area contributed by atoms with Crippen LogP contribution in [-0.4, -0.2) is 29.9 Å². The van der Waals surface area contributed by atoms with E-state index in [-0.39, 0.29) is 18.4 Å². The number of likely N-dealkylation sites (tertiary alicyclic amines) is 1. The maximum absolute atomic E-state index is 11.8.